The van der Waals surface area contributed by atoms with Crippen molar-refractivity contribution in [2.24, 2.45) is 0 Å². The first-order valence-electron chi connectivity index (χ1n) is 6.98. The van der Waals surface area contributed by atoms with Crippen LogP contribution in [0.25, 0.3) is 11.4 Å². The molecule has 1 aromatic heterocycles. The van der Waals surface area contributed by atoms with Crippen molar-refractivity contribution in [3.8, 4) is 17.1 Å². The molecular formula is C16H15ClN4OS. The number of halogens is 1. The third-order valence-electron chi connectivity index (χ3n) is 3.37. The van der Waals surface area contributed by atoms with Gasteiger partial charge < -0.3 is 10.2 Å². The Hall–Kier alpha value is -2.31. The van der Waals surface area contributed by atoms with Crippen LogP contribution in [0.15, 0.2) is 48.5 Å². The highest BCUT2D eigenvalue weighted by atomic mass is 35.5. The molecule has 0 aliphatic carbocycles. The van der Waals surface area contributed by atoms with Crippen molar-refractivity contribution < 1.29 is 4.74 Å². The molecule has 5 nitrogen and oxygen atoms in total. The van der Waals surface area contributed by atoms with Gasteiger partial charge in [0.2, 0.25) is 4.77 Å². The van der Waals surface area contributed by atoms with Crippen LogP contribution in [0.3, 0.4) is 0 Å². The molecule has 0 fully saturated rings. The van der Waals surface area contributed by atoms with Crippen LogP contribution in [0.5, 0.6) is 5.75 Å². The number of ether oxygens (including phenoxy) is 1. The smallest absolute Gasteiger partial charge is 0.214 e. The fourth-order valence-electron chi connectivity index (χ4n) is 2.23. The molecule has 2 N–H and O–H groups in total. The predicted octanol–water partition coefficient (Wildman–Crippen LogP) is 4.01. The van der Waals surface area contributed by atoms with E-state index in [1.54, 1.807) is 11.8 Å². The first-order valence-corrected chi connectivity index (χ1v) is 7.77. The number of aromatic nitrogens is 3. The lowest BCUT2D eigenvalue weighted by molar-refractivity contribution is 0.416. The Bertz CT molecular complexity index is 857. The first kappa shape index (κ1) is 15.6. The minimum atomic E-state index is 0.486. The number of methoxy groups -OCH3 is 1. The van der Waals surface area contributed by atoms with E-state index >= 15 is 0 Å². The molecule has 0 aliphatic rings. The lowest BCUT2D eigenvalue weighted by Crippen LogP contribution is -2.16. The molecule has 0 unspecified atom stereocenters. The molecule has 0 radical (unpaired) electrons. The minimum absolute atomic E-state index is 0.486. The predicted molar refractivity (Wildman–Crippen MR) is 93.9 cm³/mol. The summed E-state index contributed by atoms with van der Waals surface area (Å²) in [7, 11) is 1.63. The average Bonchev–Trinajstić information content (AvgIpc) is 2.95. The van der Waals surface area contributed by atoms with Crippen LogP contribution in [0.1, 0.15) is 5.56 Å². The van der Waals surface area contributed by atoms with Gasteiger partial charge in [0.1, 0.15) is 5.75 Å². The van der Waals surface area contributed by atoms with Crippen LogP contribution in [-0.4, -0.2) is 22.0 Å². The summed E-state index contributed by atoms with van der Waals surface area (Å²) in [4.78, 5) is 0. The molecule has 0 amide bonds. The second-order valence-electron chi connectivity index (χ2n) is 4.85. The Labute approximate surface area is 143 Å². The summed E-state index contributed by atoms with van der Waals surface area (Å²) >= 11 is 11.2. The summed E-state index contributed by atoms with van der Waals surface area (Å²) in [5.74, 6) is 1.40. The SMILES string of the molecule is COc1ccccc1-c1n[nH]c(=S)n1NCc1ccc(Cl)cc1. The lowest BCUT2D eigenvalue weighted by atomic mass is 10.2. The van der Waals surface area contributed by atoms with Crippen molar-refractivity contribution in [2.75, 3.05) is 12.5 Å². The Balaban J connectivity index is 1.90. The number of aromatic amines is 1. The van der Waals surface area contributed by atoms with E-state index in [4.69, 9.17) is 28.6 Å². The van der Waals surface area contributed by atoms with Crippen molar-refractivity contribution in [1.82, 2.24) is 14.9 Å². The van der Waals surface area contributed by atoms with Gasteiger partial charge in [0.05, 0.1) is 19.2 Å². The number of para-hydroxylation sites is 1. The maximum Gasteiger partial charge on any atom is 0.214 e. The summed E-state index contributed by atoms with van der Waals surface area (Å²) in [6.45, 7) is 0.590. The van der Waals surface area contributed by atoms with E-state index in [9.17, 15) is 0 Å². The van der Waals surface area contributed by atoms with Crippen molar-refractivity contribution in [2.45, 2.75) is 6.54 Å². The summed E-state index contributed by atoms with van der Waals surface area (Å²) in [6.07, 6.45) is 0. The van der Waals surface area contributed by atoms with E-state index in [2.05, 4.69) is 15.6 Å². The van der Waals surface area contributed by atoms with E-state index < -0.39 is 0 Å². The minimum Gasteiger partial charge on any atom is -0.496 e. The summed E-state index contributed by atoms with van der Waals surface area (Å²) in [6, 6.07) is 15.3. The van der Waals surface area contributed by atoms with E-state index in [1.807, 2.05) is 48.5 Å². The zero-order valence-electron chi connectivity index (χ0n) is 12.4. The molecule has 0 spiro atoms. The standard InChI is InChI=1S/C16H15ClN4OS/c1-22-14-5-3-2-4-13(14)15-19-20-16(23)21(15)18-10-11-6-8-12(17)9-7-11/h2-9,18H,10H2,1H3,(H,20,23). The molecule has 3 rings (SSSR count). The van der Waals surface area contributed by atoms with Gasteiger partial charge in [-0.05, 0) is 42.0 Å². The van der Waals surface area contributed by atoms with Crippen LogP contribution >= 0.6 is 23.8 Å². The number of H-pyrrole nitrogens is 1. The van der Waals surface area contributed by atoms with E-state index in [-0.39, 0.29) is 0 Å². The van der Waals surface area contributed by atoms with Crippen LogP contribution in [0.2, 0.25) is 5.02 Å². The van der Waals surface area contributed by atoms with Gasteiger partial charge in [0, 0.05) is 5.02 Å². The quantitative estimate of drug-likeness (QED) is 0.685. The largest absolute Gasteiger partial charge is 0.496 e. The van der Waals surface area contributed by atoms with Gasteiger partial charge in [-0.1, -0.05) is 35.9 Å². The number of benzene rings is 2. The highest BCUT2D eigenvalue weighted by Crippen LogP contribution is 2.27. The molecule has 1 heterocycles. The number of nitrogens with one attached hydrogen (secondary N) is 2. The zero-order chi connectivity index (χ0) is 16.2. The van der Waals surface area contributed by atoms with Gasteiger partial charge in [0.25, 0.3) is 0 Å². The van der Waals surface area contributed by atoms with E-state index in [1.165, 1.54) is 0 Å². The number of hydrogen-bond acceptors (Lipinski definition) is 4. The molecule has 7 heteroatoms. The normalized spacial score (nSPS) is 10.5. The average molecular weight is 347 g/mol. The second kappa shape index (κ2) is 6.85. The molecule has 0 saturated carbocycles. The van der Waals surface area contributed by atoms with Gasteiger partial charge in [-0.2, -0.15) is 5.10 Å². The first-order chi connectivity index (χ1) is 11.2. The summed E-state index contributed by atoms with van der Waals surface area (Å²) in [5, 5.41) is 7.82. The van der Waals surface area contributed by atoms with Crippen molar-refractivity contribution in [1.29, 1.82) is 0 Å². The van der Waals surface area contributed by atoms with Gasteiger partial charge in [-0.25, -0.2) is 9.77 Å². The summed E-state index contributed by atoms with van der Waals surface area (Å²) < 4.78 is 7.62. The van der Waals surface area contributed by atoms with Crippen molar-refractivity contribution in [3.05, 3.63) is 63.9 Å². The van der Waals surface area contributed by atoms with E-state index in [0.717, 1.165) is 16.9 Å². The molecule has 23 heavy (non-hydrogen) atoms. The number of hydrogen-bond donors (Lipinski definition) is 2. The van der Waals surface area contributed by atoms with Crippen LogP contribution in [-0.2, 0) is 6.54 Å². The van der Waals surface area contributed by atoms with Crippen LogP contribution < -0.4 is 10.2 Å². The Kier molecular flexibility index (Phi) is 4.64. The maximum absolute atomic E-state index is 5.90. The fraction of sp³-hybridized carbons (Fsp3) is 0.125. The molecule has 3 aromatic rings. The zero-order valence-corrected chi connectivity index (χ0v) is 14.0. The highest BCUT2D eigenvalue weighted by molar-refractivity contribution is 7.71. The fourth-order valence-corrected chi connectivity index (χ4v) is 2.55. The third-order valence-corrected chi connectivity index (χ3v) is 3.90. The van der Waals surface area contributed by atoms with Crippen molar-refractivity contribution in [3.63, 3.8) is 0 Å². The Morgan fingerprint density at radius 2 is 1.96 bits per heavy atom. The van der Waals surface area contributed by atoms with Gasteiger partial charge in [-0.3, -0.25) is 0 Å². The number of rotatable bonds is 5. The highest BCUT2D eigenvalue weighted by Gasteiger charge is 2.13. The monoisotopic (exact) mass is 346 g/mol. The number of nitrogens with zero attached hydrogens (tertiary/aromatic N) is 2. The van der Waals surface area contributed by atoms with Gasteiger partial charge in [0.15, 0.2) is 5.82 Å². The molecular weight excluding hydrogens is 332 g/mol. The molecule has 118 valence electrons. The Morgan fingerprint density at radius 1 is 1.22 bits per heavy atom. The van der Waals surface area contributed by atoms with Crippen LogP contribution in [0.4, 0.5) is 0 Å². The molecule has 0 bridgehead atoms. The maximum atomic E-state index is 5.90. The van der Waals surface area contributed by atoms with Gasteiger partial charge >= 0.3 is 0 Å². The summed E-state index contributed by atoms with van der Waals surface area (Å²) in [5.41, 5.74) is 5.21. The molecule has 0 saturated heterocycles. The topological polar surface area (TPSA) is 54.9 Å². The van der Waals surface area contributed by atoms with E-state index in [0.29, 0.717) is 22.2 Å². The van der Waals surface area contributed by atoms with Gasteiger partial charge in [-0.15, -0.1) is 0 Å². The van der Waals surface area contributed by atoms with Crippen molar-refractivity contribution >= 4 is 23.8 Å². The molecule has 0 aliphatic heterocycles. The second-order valence-corrected chi connectivity index (χ2v) is 5.67. The lowest BCUT2D eigenvalue weighted by Gasteiger charge is -2.12. The third kappa shape index (κ3) is 3.38. The molecule has 2 aromatic carbocycles. The Morgan fingerprint density at radius 3 is 2.70 bits per heavy atom. The molecule has 0 atom stereocenters. The van der Waals surface area contributed by atoms with Crippen LogP contribution in [0, 0.1) is 4.77 Å².